The molecule has 0 unspecified atom stereocenters. The Morgan fingerprint density at radius 3 is 2.67 bits per heavy atom. The molecule has 0 saturated heterocycles. The number of halogens is 2. The fraction of sp³-hybridized carbons (Fsp3) is 0.125. The lowest BCUT2D eigenvalue weighted by Crippen LogP contribution is -2.04. The number of para-hydroxylation sites is 1. The Bertz CT molecular complexity index is 846. The maximum absolute atomic E-state index is 9.19. The zero-order valence-electron chi connectivity index (χ0n) is 11.1. The van der Waals surface area contributed by atoms with E-state index in [2.05, 4.69) is 11.1 Å². The van der Waals surface area contributed by atoms with Crippen LogP contribution in [0.4, 0.5) is 0 Å². The molecule has 0 atom stereocenters. The lowest BCUT2D eigenvalue weighted by atomic mass is 10.2. The normalized spacial score (nSPS) is 10.7. The number of hydrogen-bond donors (Lipinski definition) is 0. The lowest BCUT2D eigenvalue weighted by Gasteiger charge is -2.09. The van der Waals surface area contributed by atoms with E-state index in [0.29, 0.717) is 22.6 Å². The van der Waals surface area contributed by atoms with Crippen molar-refractivity contribution in [1.29, 1.82) is 5.26 Å². The minimum absolute atomic E-state index is 0.282. The van der Waals surface area contributed by atoms with Gasteiger partial charge in [0.1, 0.15) is 17.4 Å². The number of alkyl halides is 1. The summed E-state index contributed by atoms with van der Waals surface area (Å²) in [5.41, 5.74) is 3.12. The average molecular weight is 316 g/mol. The quantitative estimate of drug-likeness (QED) is 0.674. The van der Waals surface area contributed by atoms with Gasteiger partial charge in [0.15, 0.2) is 0 Å². The van der Waals surface area contributed by atoms with E-state index in [4.69, 9.17) is 23.2 Å². The van der Waals surface area contributed by atoms with Crippen LogP contribution < -0.4 is 0 Å². The molecule has 3 nitrogen and oxygen atoms in total. The van der Waals surface area contributed by atoms with Crippen LogP contribution >= 0.6 is 23.2 Å². The Morgan fingerprint density at radius 1 is 1.14 bits per heavy atom. The van der Waals surface area contributed by atoms with E-state index in [1.54, 1.807) is 6.07 Å². The van der Waals surface area contributed by atoms with Gasteiger partial charge >= 0.3 is 0 Å². The van der Waals surface area contributed by atoms with Crippen LogP contribution in [0, 0.1) is 11.3 Å². The Hall–Kier alpha value is -2.02. The maximum atomic E-state index is 9.19. The first-order valence-corrected chi connectivity index (χ1v) is 7.33. The van der Waals surface area contributed by atoms with Crippen LogP contribution in [-0.2, 0) is 12.4 Å². The van der Waals surface area contributed by atoms with Crippen molar-refractivity contribution < 1.29 is 0 Å². The molecule has 104 valence electrons. The van der Waals surface area contributed by atoms with Crippen LogP contribution in [-0.4, -0.2) is 9.55 Å². The first-order chi connectivity index (χ1) is 10.2. The summed E-state index contributed by atoms with van der Waals surface area (Å²) in [5.74, 6) is 1.01. The van der Waals surface area contributed by atoms with Gasteiger partial charge in [-0.1, -0.05) is 35.9 Å². The molecule has 0 bridgehead atoms. The molecule has 0 aliphatic heterocycles. The highest BCUT2D eigenvalue weighted by Crippen LogP contribution is 2.24. The van der Waals surface area contributed by atoms with Crippen molar-refractivity contribution >= 4 is 34.2 Å². The van der Waals surface area contributed by atoms with Gasteiger partial charge in [0.2, 0.25) is 0 Å². The molecule has 0 spiro atoms. The molecule has 0 fully saturated rings. The summed E-state index contributed by atoms with van der Waals surface area (Å²) in [6.07, 6.45) is 0. The van der Waals surface area contributed by atoms with E-state index in [1.165, 1.54) is 0 Å². The van der Waals surface area contributed by atoms with Crippen molar-refractivity contribution in [3.8, 4) is 6.07 Å². The summed E-state index contributed by atoms with van der Waals surface area (Å²) < 4.78 is 2.00. The fourth-order valence-corrected chi connectivity index (χ4v) is 2.76. The number of nitrogens with zero attached hydrogens (tertiary/aromatic N) is 3. The minimum Gasteiger partial charge on any atom is -0.322 e. The summed E-state index contributed by atoms with van der Waals surface area (Å²) in [6.45, 7) is 0.576. The van der Waals surface area contributed by atoms with Gasteiger partial charge in [-0.25, -0.2) is 4.98 Å². The first kappa shape index (κ1) is 13.9. The van der Waals surface area contributed by atoms with Crippen molar-refractivity contribution in [3.05, 3.63) is 64.4 Å². The van der Waals surface area contributed by atoms with Crippen molar-refractivity contribution in [2.24, 2.45) is 0 Å². The van der Waals surface area contributed by atoms with E-state index >= 15 is 0 Å². The molecule has 5 heteroatoms. The van der Waals surface area contributed by atoms with Crippen LogP contribution in [0.3, 0.4) is 0 Å². The summed E-state index contributed by atoms with van der Waals surface area (Å²) in [7, 11) is 0. The lowest BCUT2D eigenvalue weighted by molar-refractivity contribution is 0.779. The standard InChI is InChI=1S/C16H11Cl2N3/c17-8-15-20-16-11(9-19)5-3-7-14(16)21(15)10-12-4-1-2-6-13(12)18/h1-7H,8,10H2. The van der Waals surface area contributed by atoms with Crippen molar-refractivity contribution in [2.45, 2.75) is 12.4 Å². The average Bonchev–Trinajstić information content (AvgIpc) is 2.87. The minimum atomic E-state index is 0.282. The highest BCUT2D eigenvalue weighted by molar-refractivity contribution is 6.31. The maximum Gasteiger partial charge on any atom is 0.125 e. The molecule has 1 heterocycles. The molecule has 0 radical (unpaired) electrons. The number of hydrogen-bond acceptors (Lipinski definition) is 2. The number of rotatable bonds is 3. The van der Waals surface area contributed by atoms with E-state index in [-0.39, 0.29) is 5.88 Å². The van der Waals surface area contributed by atoms with Crippen LogP contribution in [0.5, 0.6) is 0 Å². The molecule has 21 heavy (non-hydrogen) atoms. The van der Waals surface area contributed by atoms with Crippen molar-refractivity contribution in [2.75, 3.05) is 0 Å². The predicted octanol–water partition coefficient (Wildman–Crippen LogP) is 4.35. The van der Waals surface area contributed by atoms with E-state index in [9.17, 15) is 5.26 Å². The first-order valence-electron chi connectivity index (χ1n) is 6.42. The van der Waals surface area contributed by atoms with Crippen LogP contribution in [0.25, 0.3) is 11.0 Å². The van der Waals surface area contributed by atoms with Crippen molar-refractivity contribution in [1.82, 2.24) is 9.55 Å². The monoisotopic (exact) mass is 315 g/mol. The van der Waals surface area contributed by atoms with Gasteiger partial charge in [-0.15, -0.1) is 11.6 Å². The SMILES string of the molecule is N#Cc1cccc2c1nc(CCl)n2Cc1ccccc1Cl. The van der Waals surface area contributed by atoms with Gasteiger partial charge in [0, 0.05) is 5.02 Å². The molecule has 0 amide bonds. The molecular formula is C16H11Cl2N3. The van der Waals surface area contributed by atoms with Crippen LogP contribution in [0.1, 0.15) is 17.0 Å². The molecule has 0 aliphatic carbocycles. The van der Waals surface area contributed by atoms with Crippen molar-refractivity contribution in [3.63, 3.8) is 0 Å². The molecule has 3 rings (SSSR count). The Labute approximate surface area is 132 Å². The second-order valence-electron chi connectivity index (χ2n) is 4.62. The Morgan fingerprint density at radius 2 is 1.95 bits per heavy atom. The van der Waals surface area contributed by atoms with E-state index < -0.39 is 0 Å². The molecule has 2 aromatic carbocycles. The smallest absolute Gasteiger partial charge is 0.125 e. The highest BCUT2D eigenvalue weighted by Gasteiger charge is 2.14. The fourth-order valence-electron chi connectivity index (χ4n) is 2.36. The van der Waals surface area contributed by atoms with Gasteiger partial charge in [-0.2, -0.15) is 5.26 Å². The molecule has 1 aromatic heterocycles. The van der Waals surface area contributed by atoms with Crippen LogP contribution in [0.2, 0.25) is 5.02 Å². The topological polar surface area (TPSA) is 41.6 Å². The van der Waals surface area contributed by atoms with Gasteiger partial charge < -0.3 is 4.57 Å². The summed E-state index contributed by atoms with van der Waals surface area (Å²) >= 11 is 12.2. The zero-order valence-corrected chi connectivity index (χ0v) is 12.6. The second-order valence-corrected chi connectivity index (χ2v) is 5.30. The molecule has 3 aromatic rings. The number of fused-ring (bicyclic) bond motifs is 1. The molecular weight excluding hydrogens is 305 g/mol. The van der Waals surface area contributed by atoms with Gasteiger partial charge in [0.25, 0.3) is 0 Å². The van der Waals surface area contributed by atoms with Gasteiger partial charge in [-0.05, 0) is 23.8 Å². The largest absolute Gasteiger partial charge is 0.322 e. The molecule has 0 saturated carbocycles. The molecule has 0 N–H and O–H groups in total. The van der Waals surface area contributed by atoms with E-state index in [1.807, 2.05) is 41.0 Å². The third kappa shape index (κ3) is 2.49. The number of nitriles is 1. The van der Waals surface area contributed by atoms with Gasteiger partial charge in [0.05, 0.1) is 23.5 Å². The van der Waals surface area contributed by atoms with Gasteiger partial charge in [-0.3, -0.25) is 0 Å². The predicted molar refractivity (Wildman–Crippen MR) is 84.6 cm³/mol. The highest BCUT2D eigenvalue weighted by atomic mass is 35.5. The summed E-state index contributed by atoms with van der Waals surface area (Å²) in [6, 6.07) is 15.4. The Balaban J connectivity index is 2.18. The number of aromatic nitrogens is 2. The number of imidazole rings is 1. The molecule has 0 aliphatic rings. The Kier molecular flexibility index (Phi) is 3.83. The zero-order chi connectivity index (χ0) is 14.8. The third-order valence-corrected chi connectivity index (χ3v) is 3.99. The van der Waals surface area contributed by atoms with E-state index in [0.717, 1.165) is 16.9 Å². The second kappa shape index (κ2) is 5.77. The summed E-state index contributed by atoms with van der Waals surface area (Å²) in [4.78, 5) is 4.49. The van der Waals surface area contributed by atoms with Crippen LogP contribution in [0.15, 0.2) is 42.5 Å². The summed E-state index contributed by atoms with van der Waals surface area (Å²) in [5, 5.41) is 9.89. The number of benzene rings is 2. The third-order valence-electron chi connectivity index (χ3n) is 3.38.